The van der Waals surface area contributed by atoms with Gasteiger partial charge in [-0.1, -0.05) is 12.1 Å². The number of halogens is 1. The normalized spacial score (nSPS) is 16.7. The van der Waals surface area contributed by atoms with Crippen LogP contribution >= 0.6 is 15.9 Å². The Kier molecular flexibility index (Phi) is 5.91. The van der Waals surface area contributed by atoms with Crippen molar-refractivity contribution >= 4 is 27.6 Å². The average molecular weight is 405 g/mol. The molecule has 0 bridgehead atoms. The van der Waals surface area contributed by atoms with Crippen molar-refractivity contribution in [2.24, 2.45) is 0 Å². The number of aromatic nitrogens is 2. The van der Waals surface area contributed by atoms with Gasteiger partial charge in [0, 0.05) is 38.1 Å². The summed E-state index contributed by atoms with van der Waals surface area (Å²) in [5.74, 6) is 0.718. The summed E-state index contributed by atoms with van der Waals surface area (Å²) in [5, 5.41) is 3.47. The maximum atomic E-state index is 5.43. The van der Waals surface area contributed by atoms with Crippen molar-refractivity contribution in [1.82, 2.24) is 9.97 Å². The predicted octanol–water partition coefficient (Wildman–Crippen LogP) is 4.34. The second kappa shape index (κ2) is 8.15. The van der Waals surface area contributed by atoms with E-state index in [9.17, 15) is 0 Å². The zero-order valence-corrected chi connectivity index (χ0v) is 16.6. The molecule has 5 nitrogen and oxygen atoms in total. The maximum absolute atomic E-state index is 5.43. The highest BCUT2D eigenvalue weighted by Crippen LogP contribution is 2.25. The molecule has 2 aromatic rings. The van der Waals surface area contributed by atoms with Crippen molar-refractivity contribution in [3.63, 3.8) is 0 Å². The summed E-state index contributed by atoms with van der Waals surface area (Å²) < 4.78 is 6.38. The topological polar surface area (TPSA) is 50.3 Å². The Bertz CT molecular complexity index is 716. The first-order chi connectivity index (χ1) is 12.1. The van der Waals surface area contributed by atoms with Crippen molar-refractivity contribution in [2.45, 2.75) is 38.8 Å². The summed E-state index contributed by atoms with van der Waals surface area (Å²) in [6.45, 7) is 6.11. The van der Waals surface area contributed by atoms with Gasteiger partial charge < -0.3 is 15.0 Å². The highest BCUT2D eigenvalue weighted by atomic mass is 79.9. The van der Waals surface area contributed by atoms with E-state index in [1.54, 1.807) is 7.11 Å². The number of nitrogens with zero attached hydrogens (tertiary/aromatic N) is 3. The lowest BCUT2D eigenvalue weighted by Gasteiger charge is -2.34. The zero-order valence-electron chi connectivity index (χ0n) is 15.0. The first-order valence-corrected chi connectivity index (χ1v) is 9.49. The molecule has 134 valence electrons. The summed E-state index contributed by atoms with van der Waals surface area (Å²) in [6, 6.07) is 9.07. The molecular weight excluding hydrogens is 380 g/mol. The molecule has 1 fully saturated rings. The van der Waals surface area contributed by atoms with Gasteiger partial charge in [0.05, 0.1) is 16.3 Å². The molecular formula is C19H25BrN4O. The quantitative estimate of drug-likeness (QED) is 0.802. The maximum Gasteiger partial charge on any atom is 0.223 e. The second-order valence-electron chi connectivity index (χ2n) is 6.51. The van der Waals surface area contributed by atoms with Gasteiger partial charge in [0.15, 0.2) is 0 Å². The number of hydrogen-bond acceptors (Lipinski definition) is 5. The standard InChI is InChI=1S/C19H25BrN4O/c1-13-18(20)12-21-19(22-13)23-16-7-9-24(10-8-16)17-6-4-5-15(11-17)14(2)25-3/h4-6,11-12,14,16H,7-10H2,1-3H3,(H,21,22,23). The molecule has 1 aliphatic heterocycles. The van der Waals surface area contributed by atoms with Gasteiger partial charge >= 0.3 is 0 Å². The minimum absolute atomic E-state index is 0.122. The molecule has 1 aliphatic rings. The molecule has 0 radical (unpaired) electrons. The molecule has 1 N–H and O–H groups in total. The largest absolute Gasteiger partial charge is 0.377 e. The van der Waals surface area contributed by atoms with E-state index in [1.807, 2.05) is 13.1 Å². The van der Waals surface area contributed by atoms with Gasteiger partial charge in [-0.05, 0) is 60.3 Å². The van der Waals surface area contributed by atoms with E-state index in [0.717, 1.165) is 42.0 Å². The summed E-state index contributed by atoms with van der Waals surface area (Å²) in [7, 11) is 1.75. The second-order valence-corrected chi connectivity index (χ2v) is 7.36. The summed E-state index contributed by atoms with van der Waals surface area (Å²) in [4.78, 5) is 11.3. The van der Waals surface area contributed by atoms with E-state index in [2.05, 4.69) is 67.3 Å². The first-order valence-electron chi connectivity index (χ1n) is 8.70. The molecule has 0 aliphatic carbocycles. The van der Waals surface area contributed by atoms with Crippen molar-refractivity contribution in [3.8, 4) is 0 Å². The molecule has 1 unspecified atom stereocenters. The molecule has 0 saturated carbocycles. The van der Waals surface area contributed by atoms with Crippen molar-refractivity contribution < 1.29 is 4.74 Å². The van der Waals surface area contributed by atoms with E-state index < -0.39 is 0 Å². The monoisotopic (exact) mass is 404 g/mol. The fraction of sp³-hybridized carbons (Fsp3) is 0.474. The number of anilines is 2. The number of hydrogen-bond donors (Lipinski definition) is 1. The van der Waals surface area contributed by atoms with E-state index >= 15 is 0 Å². The lowest BCUT2D eigenvalue weighted by atomic mass is 10.0. The smallest absolute Gasteiger partial charge is 0.223 e. The number of methoxy groups -OCH3 is 1. The summed E-state index contributed by atoms with van der Waals surface area (Å²) in [5.41, 5.74) is 3.45. The van der Waals surface area contributed by atoms with E-state index in [-0.39, 0.29) is 6.10 Å². The Morgan fingerprint density at radius 3 is 2.76 bits per heavy atom. The minimum Gasteiger partial charge on any atom is -0.377 e. The Morgan fingerprint density at radius 1 is 1.32 bits per heavy atom. The van der Waals surface area contributed by atoms with Crippen LogP contribution in [0.15, 0.2) is 34.9 Å². The predicted molar refractivity (Wildman–Crippen MR) is 105 cm³/mol. The van der Waals surface area contributed by atoms with Crippen LogP contribution in [-0.2, 0) is 4.74 Å². The number of benzene rings is 1. The molecule has 1 aromatic heterocycles. The SMILES string of the molecule is COC(C)c1cccc(N2CCC(Nc3ncc(Br)c(C)n3)CC2)c1. The number of piperidine rings is 1. The lowest BCUT2D eigenvalue weighted by molar-refractivity contribution is 0.119. The lowest BCUT2D eigenvalue weighted by Crippen LogP contribution is -2.39. The Hall–Kier alpha value is -1.66. The number of aryl methyl sites for hydroxylation is 1. The van der Waals surface area contributed by atoms with Crippen LogP contribution in [0.3, 0.4) is 0 Å². The van der Waals surface area contributed by atoms with Gasteiger partial charge in [0.25, 0.3) is 0 Å². The third kappa shape index (κ3) is 4.50. The van der Waals surface area contributed by atoms with E-state index in [4.69, 9.17) is 4.74 Å². The van der Waals surface area contributed by atoms with Crippen molar-refractivity contribution in [1.29, 1.82) is 0 Å². The minimum atomic E-state index is 0.122. The third-order valence-corrected chi connectivity index (χ3v) is 5.58. The molecule has 1 atom stereocenters. The highest BCUT2D eigenvalue weighted by molar-refractivity contribution is 9.10. The van der Waals surface area contributed by atoms with Crippen LogP contribution in [-0.4, -0.2) is 36.2 Å². The van der Waals surface area contributed by atoms with Crippen molar-refractivity contribution in [2.75, 3.05) is 30.4 Å². The Labute approximate surface area is 157 Å². The zero-order chi connectivity index (χ0) is 17.8. The van der Waals surface area contributed by atoms with Crippen LogP contribution in [0, 0.1) is 6.92 Å². The molecule has 1 saturated heterocycles. The van der Waals surface area contributed by atoms with Crippen molar-refractivity contribution in [3.05, 3.63) is 46.2 Å². The molecule has 1 aromatic carbocycles. The third-order valence-electron chi connectivity index (χ3n) is 4.81. The van der Waals surface area contributed by atoms with Gasteiger partial charge in [-0.3, -0.25) is 0 Å². The van der Waals surface area contributed by atoms with E-state index in [1.165, 1.54) is 11.3 Å². The van der Waals surface area contributed by atoms with Crippen LogP contribution in [0.25, 0.3) is 0 Å². The Balaban J connectivity index is 1.59. The molecule has 2 heterocycles. The van der Waals surface area contributed by atoms with Crippen LogP contribution in [0.2, 0.25) is 0 Å². The van der Waals surface area contributed by atoms with Gasteiger partial charge in [0.2, 0.25) is 5.95 Å². The Morgan fingerprint density at radius 2 is 2.08 bits per heavy atom. The van der Waals surface area contributed by atoms with Gasteiger partial charge in [-0.25, -0.2) is 9.97 Å². The summed E-state index contributed by atoms with van der Waals surface area (Å²) in [6.07, 6.45) is 4.07. The highest BCUT2D eigenvalue weighted by Gasteiger charge is 2.20. The fourth-order valence-corrected chi connectivity index (χ4v) is 3.29. The van der Waals surface area contributed by atoms with E-state index in [0.29, 0.717) is 6.04 Å². The number of rotatable bonds is 5. The van der Waals surface area contributed by atoms with Gasteiger partial charge in [0.1, 0.15) is 0 Å². The van der Waals surface area contributed by atoms with Gasteiger partial charge in [-0.15, -0.1) is 0 Å². The van der Waals surface area contributed by atoms with Gasteiger partial charge in [-0.2, -0.15) is 0 Å². The molecule has 0 amide bonds. The van der Waals surface area contributed by atoms with Crippen LogP contribution in [0.5, 0.6) is 0 Å². The van der Waals surface area contributed by atoms with Crippen LogP contribution in [0.1, 0.15) is 37.1 Å². The fourth-order valence-electron chi connectivity index (χ4n) is 3.10. The number of nitrogens with one attached hydrogen (secondary N) is 1. The first kappa shape index (κ1) is 18.1. The molecule has 25 heavy (non-hydrogen) atoms. The van der Waals surface area contributed by atoms with Crippen LogP contribution < -0.4 is 10.2 Å². The number of ether oxygens (including phenoxy) is 1. The van der Waals surface area contributed by atoms with Crippen LogP contribution in [0.4, 0.5) is 11.6 Å². The average Bonchev–Trinajstić information content (AvgIpc) is 2.65. The summed E-state index contributed by atoms with van der Waals surface area (Å²) >= 11 is 3.44. The molecule has 0 spiro atoms. The molecule has 6 heteroatoms. The molecule has 3 rings (SSSR count).